The third kappa shape index (κ3) is 4.97. The zero-order valence-corrected chi connectivity index (χ0v) is 11.9. The van der Waals surface area contributed by atoms with Crippen molar-refractivity contribution in [3.05, 3.63) is 65.2 Å². The molecule has 0 radical (unpaired) electrons. The van der Waals surface area contributed by atoms with Gasteiger partial charge in [0.25, 0.3) is 0 Å². The van der Waals surface area contributed by atoms with Gasteiger partial charge in [-0.15, -0.1) is 11.8 Å². The van der Waals surface area contributed by atoms with Crippen LogP contribution in [0.3, 0.4) is 0 Å². The molecule has 0 fully saturated rings. The smallest absolute Gasteiger partial charge is 0.230 e. The van der Waals surface area contributed by atoms with E-state index in [2.05, 4.69) is 5.32 Å². The van der Waals surface area contributed by atoms with Crippen molar-refractivity contribution in [1.82, 2.24) is 5.32 Å². The topological polar surface area (TPSA) is 29.1 Å². The van der Waals surface area contributed by atoms with E-state index in [-0.39, 0.29) is 5.91 Å². The fourth-order valence-electron chi connectivity index (χ4n) is 1.52. The van der Waals surface area contributed by atoms with Gasteiger partial charge < -0.3 is 5.32 Å². The Bertz CT molecular complexity index is 528. The molecule has 0 bridgehead atoms. The highest BCUT2D eigenvalue weighted by molar-refractivity contribution is 8.00. The molecule has 98 valence electrons. The Kier molecular flexibility index (Phi) is 5.31. The van der Waals surface area contributed by atoms with Crippen molar-refractivity contribution >= 4 is 29.3 Å². The molecule has 19 heavy (non-hydrogen) atoms. The summed E-state index contributed by atoms with van der Waals surface area (Å²) in [6.45, 7) is 0.533. The number of benzene rings is 2. The summed E-state index contributed by atoms with van der Waals surface area (Å²) in [5, 5.41) is 3.59. The Hall–Kier alpha value is -1.45. The van der Waals surface area contributed by atoms with Crippen LogP contribution in [0.25, 0.3) is 0 Å². The van der Waals surface area contributed by atoms with Crippen LogP contribution in [0.15, 0.2) is 59.5 Å². The first kappa shape index (κ1) is 14.0. The fourth-order valence-corrected chi connectivity index (χ4v) is 2.39. The minimum absolute atomic E-state index is 0.0313. The number of nitrogens with one attached hydrogen (secondary N) is 1. The first-order chi connectivity index (χ1) is 9.24. The third-order valence-electron chi connectivity index (χ3n) is 2.52. The lowest BCUT2D eigenvalue weighted by Crippen LogP contribution is -2.24. The number of amides is 1. The van der Waals surface area contributed by atoms with Crippen LogP contribution in [0.2, 0.25) is 5.02 Å². The monoisotopic (exact) mass is 291 g/mol. The lowest BCUT2D eigenvalue weighted by Gasteiger charge is -2.05. The van der Waals surface area contributed by atoms with Crippen molar-refractivity contribution < 1.29 is 4.79 Å². The Balaban J connectivity index is 1.74. The van der Waals surface area contributed by atoms with Crippen LogP contribution in [0.1, 0.15) is 5.56 Å². The van der Waals surface area contributed by atoms with Gasteiger partial charge in [0.2, 0.25) is 5.91 Å². The number of thioether (sulfide) groups is 1. The maximum Gasteiger partial charge on any atom is 0.230 e. The molecule has 4 heteroatoms. The maximum absolute atomic E-state index is 11.7. The quantitative estimate of drug-likeness (QED) is 0.850. The van der Waals surface area contributed by atoms with E-state index >= 15 is 0 Å². The Morgan fingerprint density at radius 1 is 1.05 bits per heavy atom. The summed E-state index contributed by atoms with van der Waals surface area (Å²) < 4.78 is 0. The highest BCUT2D eigenvalue weighted by atomic mass is 35.5. The van der Waals surface area contributed by atoms with Crippen LogP contribution in [0.4, 0.5) is 0 Å². The number of hydrogen-bond donors (Lipinski definition) is 1. The molecule has 0 saturated carbocycles. The minimum Gasteiger partial charge on any atom is -0.351 e. The summed E-state index contributed by atoms with van der Waals surface area (Å²) in [7, 11) is 0. The van der Waals surface area contributed by atoms with E-state index in [1.165, 1.54) is 11.8 Å². The van der Waals surface area contributed by atoms with Crippen molar-refractivity contribution in [3.63, 3.8) is 0 Å². The molecule has 0 aromatic heterocycles. The first-order valence-electron chi connectivity index (χ1n) is 5.93. The molecule has 0 unspecified atom stereocenters. The van der Waals surface area contributed by atoms with E-state index in [4.69, 9.17) is 11.6 Å². The van der Waals surface area contributed by atoms with Gasteiger partial charge in [-0.25, -0.2) is 0 Å². The van der Waals surface area contributed by atoms with Gasteiger partial charge in [-0.2, -0.15) is 0 Å². The van der Waals surface area contributed by atoms with Crippen LogP contribution < -0.4 is 5.32 Å². The molecule has 0 saturated heterocycles. The van der Waals surface area contributed by atoms with Crippen LogP contribution in [-0.2, 0) is 11.3 Å². The van der Waals surface area contributed by atoms with Crippen LogP contribution in [0, 0.1) is 0 Å². The van der Waals surface area contributed by atoms with Gasteiger partial charge >= 0.3 is 0 Å². The van der Waals surface area contributed by atoms with Crippen LogP contribution in [-0.4, -0.2) is 11.7 Å². The lowest BCUT2D eigenvalue weighted by atomic mass is 10.2. The second-order valence-electron chi connectivity index (χ2n) is 4.00. The number of halogens is 1. The highest BCUT2D eigenvalue weighted by Gasteiger charge is 2.02. The third-order valence-corrected chi connectivity index (χ3v) is 3.78. The molecular formula is C15H14ClNOS. The summed E-state index contributed by atoms with van der Waals surface area (Å²) in [4.78, 5) is 12.8. The van der Waals surface area contributed by atoms with Gasteiger partial charge in [-0.1, -0.05) is 41.9 Å². The Labute approximate surface area is 122 Å². The fraction of sp³-hybridized carbons (Fsp3) is 0.133. The van der Waals surface area contributed by atoms with Gasteiger partial charge in [0.15, 0.2) is 0 Å². The Morgan fingerprint density at radius 2 is 1.74 bits per heavy atom. The SMILES string of the molecule is O=C(CSc1ccccc1)NCc1ccc(Cl)cc1. The summed E-state index contributed by atoms with van der Waals surface area (Å²) in [5.41, 5.74) is 1.04. The van der Waals surface area contributed by atoms with Gasteiger partial charge in [-0.05, 0) is 29.8 Å². The molecule has 2 rings (SSSR count). The normalized spacial score (nSPS) is 10.2. The number of carbonyl (C=O) groups excluding carboxylic acids is 1. The molecular weight excluding hydrogens is 278 g/mol. The summed E-state index contributed by atoms with van der Waals surface area (Å²) in [5.74, 6) is 0.459. The molecule has 1 N–H and O–H groups in total. The second kappa shape index (κ2) is 7.22. The molecule has 2 aromatic rings. The van der Waals surface area contributed by atoms with Gasteiger partial charge in [0.1, 0.15) is 0 Å². The summed E-state index contributed by atoms with van der Waals surface area (Å²) in [6, 6.07) is 17.4. The van der Waals surface area contributed by atoms with E-state index in [1.54, 1.807) is 0 Å². The second-order valence-corrected chi connectivity index (χ2v) is 5.49. The zero-order valence-electron chi connectivity index (χ0n) is 10.3. The van der Waals surface area contributed by atoms with Crippen molar-refractivity contribution in [1.29, 1.82) is 0 Å². The van der Waals surface area contributed by atoms with Gasteiger partial charge in [0, 0.05) is 16.5 Å². The average molecular weight is 292 g/mol. The molecule has 0 atom stereocenters. The largest absolute Gasteiger partial charge is 0.351 e. The van der Waals surface area contributed by atoms with Crippen LogP contribution >= 0.6 is 23.4 Å². The molecule has 0 spiro atoms. The standard InChI is InChI=1S/C15H14ClNOS/c16-13-8-6-12(7-9-13)10-17-15(18)11-19-14-4-2-1-3-5-14/h1-9H,10-11H2,(H,17,18). The van der Waals surface area contributed by atoms with E-state index < -0.39 is 0 Å². The highest BCUT2D eigenvalue weighted by Crippen LogP contribution is 2.16. The molecule has 2 nitrogen and oxygen atoms in total. The number of carbonyl (C=O) groups is 1. The molecule has 2 aromatic carbocycles. The van der Waals surface area contributed by atoms with Crippen molar-refractivity contribution in [2.24, 2.45) is 0 Å². The van der Waals surface area contributed by atoms with Crippen molar-refractivity contribution in [2.45, 2.75) is 11.4 Å². The summed E-state index contributed by atoms with van der Waals surface area (Å²) in [6.07, 6.45) is 0. The van der Waals surface area contributed by atoms with E-state index in [0.717, 1.165) is 10.5 Å². The summed E-state index contributed by atoms with van der Waals surface area (Å²) >= 11 is 7.33. The lowest BCUT2D eigenvalue weighted by molar-refractivity contribution is -0.118. The zero-order chi connectivity index (χ0) is 13.5. The van der Waals surface area contributed by atoms with E-state index in [9.17, 15) is 4.79 Å². The molecule has 1 amide bonds. The number of hydrogen-bond acceptors (Lipinski definition) is 2. The van der Waals surface area contributed by atoms with Gasteiger partial charge in [-0.3, -0.25) is 4.79 Å². The predicted octanol–water partition coefficient (Wildman–Crippen LogP) is 3.75. The Morgan fingerprint density at radius 3 is 2.42 bits per heavy atom. The van der Waals surface area contributed by atoms with Crippen molar-refractivity contribution in [3.8, 4) is 0 Å². The predicted molar refractivity (Wildman–Crippen MR) is 80.5 cm³/mol. The first-order valence-corrected chi connectivity index (χ1v) is 7.29. The van der Waals surface area contributed by atoms with E-state index in [0.29, 0.717) is 17.3 Å². The molecule has 0 aliphatic heterocycles. The maximum atomic E-state index is 11.7. The van der Waals surface area contributed by atoms with Crippen molar-refractivity contribution in [2.75, 3.05) is 5.75 Å². The van der Waals surface area contributed by atoms with Crippen LogP contribution in [0.5, 0.6) is 0 Å². The molecule has 0 aliphatic rings. The number of rotatable bonds is 5. The molecule has 0 heterocycles. The van der Waals surface area contributed by atoms with Gasteiger partial charge in [0.05, 0.1) is 5.75 Å². The molecule has 0 aliphatic carbocycles. The van der Waals surface area contributed by atoms with E-state index in [1.807, 2.05) is 54.6 Å². The average Bonchev–Trinajstić information content (AvgIpc) is 2.45. The minimum atomic E-state index is 0.0313.